The molecule has 0 radical (unpaired) electrons. The second-order valence-corrected chi connectivity index (χ2v) is 14.2. The zero-order valence-corrected chi connectivity index (χ0v) is 30.8. The van der Waals surface area contributed by atoms with E-state index in [4.69, 9.17) is 0 Å². The first-order chi connectivity index (χ1) is 27.8. The van der Waals surface area contributed by atoms with Crippen LogP contribution >= 0.6 is 0 Å². The molecule has 0 heterocycles. The van der Waals surface area contributed by atoms with Gasteiger partial charge in [0, 0.05) is 34.1 Å². The average Bonchev–Trinajstić information content (AvgIpc) is 3.28. The lowest BCUT2D eigenvalue weighted by Crippen LogP contribution is -2.10. The van der Waals surface area contributed by atoms with Crippen molar-refractivity contribution in [3.63, 3.8) is 0 Å². The smallest absolute Gasteiger partial charge is 0.0468 e. The van der Waals surface area contributed by atoms with E-state index in [2.05, 4.69) is 240 Å². The van der Waals surface area contributed by atoms with Crippen molar-refractivity contribution in [3.8, 4) is 22.3 Å². The van der Waals surface area contributed by atoms with Gasteiger partial charge in [0.05, 0.1) is 0 Å². The molecular weight excluding hydrogens is 677 g/mol. The molecule has 0 aliphatic carbocycles. The normalized spacial score (nSPS) is 11.2. The maximum Gasteiger partial charge on any atom is 0.0468 e. The number of hydrogen-bond donors (Lipinski definition) is 0. The summed E-state index contributed by atoms with van der Waals surface area (Å²) in [6.45, 7) is 0. The number of anilines is 6. The second-order valence-electron chi connectivity index (χ2n) is 14.2. The average molecular weight is 715 g/mol. The number of rotatable bonds is 8. The maximum absolute atomic E-state index is 2.37. The zero-order valence-electron chi connectivity index (χ0n) is 30.8. The molecule has 2 heteroatoms. The molecule has 0 aromatic heterocycles. The summed E-state index contributed by atoms with van der Waals surface area (Å²) in [5.74, 6) is 0. The number of hydrogen-bond acceptors (Lipinski definition) is 2. The lowest BCUT2D eigenvalue weighted by atomic mass is 9.93. The lowest BCUT2D eigenvalue weighted by molar-refractivity contribution is 1.29. The van der Waals surface area contributed by atoms with Crippen molar-refractivity contribution in [2.24, 2.45) is 0 Å². The maximum atomic E-state index is 2.37. The Hall–Kier alpha value is -7.42. The van der Waals surface area contributed by atoms with E-state index in [9.17, 15) is 0 Å². The Bertz CT molecular complexity index is 2700. The summed E-state index contributed by atoms with van der Waals surface area (Å²) in [5.41, 5.74) is 11.5. The van der Waals surface area contributed by atoms with Gasteiger partial charge in [-0.15, -0.1) is 0 Å². The minimum absolute atomic E-state index is 1.11. The molecule has 0 saturated heterocycles. The van der Waals surface area contributed by atoms with Crippen LogP contribution in [0.15, 0.2) is 231 Å². The van der Waals surface area contributed by atoms with E-state index in [0.29, 0.717) is 0 Å². The van der Waals surface area contributed by atoms with Crippen LogP contribution in [0.4, 0.5) is 34.1 Å². The van der Waals surface area contributed by atoms with Crippen molar-refractivity contribution < 1.29 is 0 Å². The molecule has 0 atom stereocenters. The third-order valence-electron chi connectivity index (χ3n) is 10.8. The van der Waals surface area contributed by atoms with Crippen LogP contribution in [-0.4, -0.2) is 0 Å². The minimum atomic E-state index is 1.11. The van der Waals surface area contributed by atoms with Crippen molar-refractivity contribution in [2.45, 2.75) is 0 Å². The first kappa shape index (κ1) is 33.2. The highest BCUT2D eigenvalue weighted by molar-refractivity contribution is 6.26. The van der Waals surface area contributed by atoms with Gasteiger partial charge in [0.25, 0.3) is 0 Å². The Morgan fingerprint density at radius 1 is 0.179 bits per heavy atom. The van der Waals surface area contributed by atoms with Gasteiger partial charge >= 0.3 is 0 Å². The van der Waals surface area contributed by atoms with Crippen molar-refractivity contribution >= 4 is 66.4 Å². The van der Waals surface area contributed by atoms with Gasteiger partial charge < -0.3 is 9.80 Å². The van der Waals surface area contributed by atoms with E-state index in [-0.39, 0.29) is 0 Å². The monoisotopic (exact) mass is 714 g/mol. The quantitative estimate of drug-likeness (QED) is 0.145. The van der Waals surface area contributed by atoms with Gasteiger partial charge in [-0.25, -0.2) is 0 Å². The summed E-state index contributed by atoms with van der Waals surface area (Å²) in [5, 5.41) is 7.41. The van der Waals surface area contributed by atoms with Gasteiger partial charge in [0.2, 0.25) is 0 Å². The van der Waals surface area contributed by atoms with E-state index in [1.807, 2.05) is 0 Å². The van der Waals surface area contributed by atoms with Gasteiger partial charge in [-0.1, -0.05) is 158 Å². The molecule has 0 fully saturated rings. The van der Waals surface area contributed by atoms with Crippen LogP contribution in [0.5, 0.6) is 0 Å². The van der Waals surface area contributed by atoms with Gasteiger partial charge in [-0.2, -0.15) is 0 Å². The molecule has 56 heavy (non-hydrogen) atoms. The SMILES string of the molecule is c1ccc(-c2ccc(N(c3ccccc3)c3ccc4c5ccc(N(c6ccccc6)c6ccc(-c7ccccc7)cc6)cc5c5ccccc5c4c3)cc2)cc1. The van der Waals surface area contributed by atoms with Gasteiger partial charge in [0.15, 0.2) is 0 Å². The third kappa shape index (κ3) is 6.14. The van der Waals surface area contributed by atoms with Crippen LogP contribution in [0, 0.1) is 0 Å². The van der Waals surface area contributed by atoms with Gasteiger partial charge in [0.1, 0.15) is 0 Å². The summed E-state index contributed by atoms with van der Waals surface area (Å²) >= 11 is 0. The van der Waals surface area contributed by atoms with Crippen molar-refractivity contribution in [1.29, 1.82) is 0 Å². The molecule has 0 unspecified atom stereocenters. The number of benzene rings is 10. The Labute approximate surface area is 327 Å². The first-order valence-electron chi connectivity index (χ1n) is 19.2. The highest BCUT2D eigenvalue weighted by atomic mass is 15.1. The molecule has 0 spiro atoms. The topological polar surface area (TPSA) is 6.48 Å². The minimum Gasteiger partial charge on any atom is -0.310 e. The summed E-state index contributed by atoms with van der Waals surface area (Å²) < 4.78 is 0. The summed E-state index contributed by atoms with van der Waals surface area (Å²) in [4.78, 5) is 4.72. The van der Waals surface area contributed by atoms with Gasteiger partial charge in [-0.05, 0) is 127 Å². The molecule has 10 rings (SSSR count). The molecule has 0 N–H and O–H groups in total. The predicted octanol–water partition coefficient (Wildman–Crippen LogP) is 15.4. The second kappa shape index (κ2) is 14.4. The summed E-state index contributed by atoms with van der Waals surface area (Å²) in [6, 6.07) is 83.0. The van der Waals surface area contributed by atoms with Gasteiger partial charge in [-0.3, -0.25) is 0 Å². The van der Waals surface area contributed by atoms with Crippen LogP contribution in [0.2, 0.25) is 0 Å². The van der Waals surface area contributed by atoms with E-state index in [0.717, 1.165) is 34.1 Å². The predicted molar refractivity (Wildman–Crippen MR) is 239 cm³/mol. The fourth-order valence-corrected chi connectivity index (χ4v) is 8.13. The molecule has 264 valence electrons. The highest BCUT2D eigenvalue weighted by Crippen LogP contribution is 2.44. The molecule has 0 bridgehead atoms. The van der Waals surface area contributed by atoms with Crippen LogP contribution < -0.4 is 9.80 Å². The molecule has 0 aliphatic heterocycles. The fourth-order valence-electron chi connectivity index (χ4n) is 8.13. The summed E-state index contributed by atoms with van der Waals surface area (Å²) in [7, 11) is 0. The van der Waals surface area contributed by atoms with Crippen LogP contribution in [0.1, 0.15) is 0 Å². The Balaban J connectivity index is 1.11. The van der Waals surface area contributed by atoms with Crippen molar-refractivity contribution in [2.75, 3.05) is 9.80 Å². The third-order valence-corrected chi connectivity index (χ3v) is 10.8. The molecule has 10 aromatic carbocycles. The summed E-state index contributed by atoms with van der Waals surface area (Å²) in [6.07, 6.45) is 0. The molecule has 2 nitrogen and oxygen atoms in total. The molecule has 0 amide bonds. The van der Waals surface area contributed by atoms with Crippen molar-refractivity contribution in [1.82, 2.24) is 0 Å². The van der Waals surface area contributed by atoms with E-state index < -0.39 is 0 Å². The fraction of sp³-hybridized carbons (Fsp3) is 0. The van der Waals surface area contributed by atoms with Crippen molar-refractivity contribution in [3.05, 3.63) is 231 Å². The molecular formula is C54H38N2. The first-order valence-corrected chi connectivity index (χ1v) is 19.2. The lowest BCUT2D eigenvalue weighted by Gasteiger charge is -2.27. The van der Waals surface area contributed by atoms with E-state index in [1.54, 1.807) is 0 Å². The number of fused-ring (bicyclic) bond motifs is 6. The highest BCUT2D eigenvalue weighted by Gasteiger charge is 2.18. The van der Waals surface area contributed by atoms with E-state index >= 15 is 0 Å². The van der Waals surface area contributed by atoms with E-state index in [1.165, 1.54) is 54.6 Å². The number of nitrogens with zero attached hydrogens (tertiary/aromatic N) is 2. The largest absolute Gasteiger partial charge is 0.310 e. The zero-order chi connectivity index (χ0) is 37.3. The Kier molecular flexibility index (Phi) is 8.55. The Morgan fingerprint density at radius 3 is 0.821 bits per heavy atom. The van der Waals surface area contributed by atoms with Crippen LogP contribution in [0.25, 0.3) is 54.6 Å². The van der Waals surface area contributed by atoms with Crippen LogP contribution in [0.3, 0.4) is 0 Å². The molecule has 0 aliphatic rings. The number of para-hydroxylation sites is 2. The van der Waals surface area contributed by atoms with Crippen LogP contribution in [-0.2, 0) is 0 Å². The Morgan fingerprint density at radius 2 is 0.446 bits per heavy atom. The standard InChI is InChI=1S/C54H38N2/c1-5-15-39(16-6-1)41-25-29-45(30-26-41)55(43-19-9-3-10-20-43)47-33-35-51-52-36-34-48(38-54(52)50-24-14-13-23-49(50)53(51)37-47)56(44-21-11-4-12-22-44)46-31-27-42(28-32-46)40-17-7-2-8-18-40/h1-38H. The molecule has 0 saturated carbocycles. The molecule has 10 aromatic rings.